The predicted molar refractivity (Wildman–Crippen MR) is 66.4 cm³/mol. The number of H-pyrrole nitrogens is 1. The molecule has 2 aromatic rings. The molecule has 84 valence electrons. The second-order valence-electron chi connectivity index (χ2n) is 4.63. The number of benzene rings is 1. The molecule has 0 atom stereocenters. The van der Waals surface area contributed by atoms with Gasteiger partial charge in [-0.2, -0.15) is 0 Å². The molecule has 3 heteroatoms. The van der Waals surface area contributed by atoms with Crippen LogP contribution >= 0.6 is 0 Å². The molecule has 1 aromatic heterocycles. The van der Waals surface area contributed by atoms with Crippen LogP contribution in [0.5, 0.6) is 0 Å². The molecule has 3 N–H and O–H groups in total. The molecule has 0 aliphatic carbocycles. The zero-order chi connectivity index (χ0) is 11.0. The molecule has 0 saturated carbocycles. The molecule has 0 spiro atoms. The highest BCUT2D eigenvalue weighted by atomic mass is 15.2. The summed E-state index contributed by atoms with van der Waals surface area (Å²) in [6.07, 6.45) is 3.24. The van der Waals surface area contributed by atoms with Crippen LogP contribution in [0, 0.1) is 0 Å². The number of aromatic amines is 1. The SMILES string of the molecule is NC1CN(CCc2c[nH]c3ccccc23)C1. The molecule has 3 rings (SSSR count). The molecule has 1 aliphatic rings. The van der Waals surface area contributed by atoms with Crippen molar-refractivity contribution in [2.75, 3.05) is 19.6 Å². The van der Waals surface area contributed by atoms with E-state index in [9.17, 15) is 0 Å². The number of hydrogen-bond acceptors (Lipinski definition) is 2. The lowest BCUT2D eigenvalue weighted by atomic mass is 10.1. The maximum Gasteiger partial charge on any atom is 0.0456 e. The van der Waals surface area contributed by atoms with Crippen molar-refractivity contribution in [1.82, 2.24) is 9.88 Å². The van der Waals surface area contributed by atoms with E-state index in [1.165, 1.54) is 16.5 Å². The van der Waals surface area contributed by atoms with Crippen LogP contribution in [0.1, 0.15) is 5.56 Å². The largest absolute Gasteiger partial charge is 0.361 e. The van der Waals surface area contributed by atoms with Gasteiger partial charge in [0.25, 0.3) is 0 Å². The van der Waals surface area contributed by atoms with E-state index in [-0.39, 0.29) is 0 Å². The Hall–Kier alpha value is -1.32. The van der Waals surface area contributed by atoms with Crippen LogP contribution in [-0.4, -0.2) is 35.6 Å². The third-order valence-corrected chi connectivity index (χ3v) is 3.36. The molecule has 0 bridgehead atoms. The van der Waals surface area contributed by atoms with Crippen molar-refractivity contribution in [1.29, 1.82) is 0 Å². The van der Waals surface area contributed by atoms with Gasteiger partial charge in [0.15, 0.2) is 0 Å². The monoisotopic (exact) mass is 215 g/mol. The Bertz CT molecular complexity index is 483. The first-order valence-corrected chi connectivity index (χ1v) is 5.86. The Kier molecular flexibility index (Phi) is 2.42. The molecule has 1 aromatic carbocycles. The molecular weight excluding hydrogens is 198 g/mol. The van der Waals surface area contributed by atoms with Gasteiger partial charge >= 0.3 is 0 Å². The van der Waals surface area contributed by atoms with Gasteiger partial charge in [-0.15, -0.1) is 0 Å². The fourth-order valence-corrected chi connectivity index (χ4v) is 2.41. The Morgan fingerprint density at radius 1 is 1.31 bits per heavy atom. The van der Waals surface area contributed by atoms with E-state index in [1.54, 1.807) is 0 Å². The summed E-state index contributed by atoms with van der Waals surface area (Å²) in [6, 6.07) is 8.88. The van der Waals surface area contributed by atoms with Crippen molar-refractivity contribution in [3.8, 4) is 0 Å². The van der Waals surface area contributed by atoms with Crippen molar-refractivity contribution in [3.63, 3.8) is 0 Å². The first-order valence-electron chi connectivity index (χ1n) is 5.86. The van der Waals surface area contributed by atoms with E-state index < -0.39 is 0 Å². The van der Waals surface area contributed by atoms with E-state index in [1.807, 2.05) is 0 Å². The highest BCUT2D eigenvalue weighted by Crippen LogP contribution is 2.18. The van der Waals surface area contributed by atoms with Crippen molar-refractivity contribution in [3.05, 3.63) is 36.0 Å². The van der Waals surface area contributed by atoms with Crippen LogP contribution in [0.15, 0.2) is 30.5 Å². The lowest BCUT2D eigenvalue weighted by Gasteiger charge is -2.36. The molecule has 3 nitrogen and oxygen atoms in total. The molecule has 1 fully saturated rings. The van der Waals surface area contributed by atoms with Crippen LogP contribution in [0.2, 0.25) is 0 Å². The Morgan fingerprint density at radius 3 is 2.94 bits per heavy atom. The number of rotatable bonds is 3. The Morgan fingerprint density at radius 2 is 2.12 bits per heavy atom. The molecular formula is C13H17N3. The minimum absolute atomic E-state index is 0.406. The van der Waals surface area contributed by atoms with Gasteiger partial charge in [-0.25, -0.2) is 0 Å². The second-order valence-corrected chi connectivity index (χ2v) is 4.63. The number of nitrogens with two attached hydrogens (primary N) is 1. The van der Waals surface area contributed by atoms with Gasteiger partial charge in [0.2, 0.25) is 0 Å². The minimum atomic E-state index is 0.406. The van der Waals surface area contributed by atoms with Crippen molar-refractivity contribution in [2.24, 2.45) is 5.73 Å². The first kappa shape index (κ1) is 9.87. The molecule has 1 saturated heterocycles. The lowest BCUT2D eigenvalue weighted by molar-refractivity contribution is 0.153. The maximum absolute atomic E-state index is 5.76. The number of fused-ring (bicyclic) bond motifs is 1. The van der Waals surface area contributed by atoms with Gasteiger partial charge in [0, 0.05) is 42.8 Å². The maximum atomic E-state index is 5.76. The average molecular weight is 215 g/mol. The summed E-state index contributed by atoms with van der Waals surface area (Å²) in [5.41, 5.74) is 8.41. The van der Waals surface area contributed by atoms with E-state index >= 15 is 0 Å². The third kappa shape index (κ3) is 1.72. The fourth-order valence-electron chi connectivity index (χ4n) is 2.41. The molecule has 0 amide bonds. The average Bonchev–Trinajstić information content (AvgIpc) is 2.66. The van der Waals surface area contributed by atoms with Gasteiger partial charge in [0.05, 0.1) is 0 Å². The second kappa shape index (κ2) is 3.92. The van der Waals surface area contributed by atoms with Crippen molar-refractivity contribution >= 4 is 10.9 Å². The van der Waals surface area contributed by atoms with Crippen LogP contribution in [-0.2, 0) is 6.42 Å². The van der Waals surface area contributed by atoms with Crippen LogP contribution in [0.3, 0.4) is 0 Å². The zero-order valence-corrected chi connectivity index (χ0v) is 9.32. The highest BCUT2D eigenvalue weighted by Gasteiger charge is 2.22. The first-order chi connectivity index (χ1) is 7.83. The third-order valence-electron chi connectivity index (χ3n) is 3.36. The van der Waals surface area contributed by atoms with Crippen molar-refractivity contribution in [2.45, 2.75) is 12.5 Å². The van der Waals surface area contributed by atoms with Gasteiger partial charge in [0.1, 0.15) is 0 Å². The number of para-hydroxylation sites is 1. The smallest absolute Gasteiger partial charge is 0.0456 e. The number of aromatic nitrogens is 1. The van der Waals surface area contributed by atoms with Gasteiger partial charge in [-0.3, -0.25) is 4.90 Å². The molecule has 0 unspecified atom stereocenters. The van der Waals surface area contributed by atoms with E-state index in [0.717, 1.165) is 26.1 Å². The summed E-state index contributed by atoms with van der Waals surface area (Å²) in [7, 11) is 0. The van der Waals surface area contributed by atoms with Crippen LogP contribution in [0.4, 0.5) is 0 Å². The molecule has 2 heterocycles. The summed E-state index contributed by atoms with van der Waals surface area (Å²) < 4.78 is 0. The number of nitrogens with zero attached hydrogens (tertiary/aromatic N) is 1. The van der Waals surface area contributed by atoms with Crippen LogP contribution < -0.4 is 5.73 Å². The normalized spacial score (nSPS) is 17.8. The molecule has 16 heavy (non-hydrogen) atoms. The summed E-state index contributed by atoms with van der Waals surface area (Å²) in [6.45, 7) is 3.24. The van der Waals surface area contributed by atoms with Gasteiger partial charge in [-0.05, 0) is 18.1 Å². The minimum Gasteiger partial charge on any atom is -0.361 e. The topological polar surface area (TPSA) is 45.0 Å². The standard InChI is InChI=1S/C13H17N3/c14-11-8-16(9-11)6-5-10-7-15-13-4-2-1-3-12(10)13/h1-4,7,11,15H,5-6,8-9,14H2. The van der Waals surface area contributed by atoms with E-state index in [4.69, 9.17) is 5.73 Å². The molecule has 1 aliphatic heterocycles. The summed E-state index contributed by atoms with van der Waals surface area (Å²) in [5.74, 6) is 0. The van der Waals surface area contributed by atoms with Gasteiger partial charge < -0.3 is 10.7 Å². The van der Waals surface area contributed by atoms with Gasteiger partial charge in [-0.1, -0.05) is 18.2 Å². The summed E-state index contributed by atoms with van der Waals surface area (Å²) in [4.78, 5) is 5.72. The fraction of sp³-hybridized carbons (Fsp3) is 0.385. The zero-order valence-electron chi connectivity index (χ0n) is 9.32. The number of nitrogens with one attached hydrogen (secondary N) is 1. The summed E-state index contributed by atoms with van der Waals surface area (Å²) >= 11 is 0. The Balaban J connectivity index is 1.70. The van der Waals surface area contributed by atoms with Crippen molar-refractivity contribution < 1.29 is 0 Å². The quantitative estimate of drug-likeness (QED) is 0.812. The number of likely N-dealkylation sites (tertiary alicyclic amines) is 1. The molecule has 0 radical (unpaired) electrons. The number of hydrogen-bond donors (Lipinski definition) is 2. The Labute approximate surface area is 95.2 Å². The predicted octanol–water partition coefficient (Wildman–Crippen LogP) is 1.35. The van der Waals surface area contributed by atoms with Crippen LogP contribution in [0.25, 0.3) is 10.9 Å². The highest BCUT2D eigenvalue weighted by molar-refractivity contribution is 5.83. The lowest BCUT2D eigenvalue weighted by Crippen LogP contribution is -2.55. The summed E-state index contributed by atoms with van der Waals surface area (Å²) in [5, 5.41) is 1.35. The van der Waals surface area contributed by atoms with E-state index in [0.29, 0.717) is 6.04 Å². The van der Waals surface area contributed by atoms with E-state index in [2.05, 4.69) is 40.3 Å².